The van der Waals surface area contributed by atoms with Crippen LogP contribution in [0.2, 0.25) is 0 Å². The molecule has 38 heavy (non-hydrogen) atoms. The Morgan fingerprint density at radius 3 is 2.76 bits per heavy atom. The molecule has 9 nitrogen and oxygen atoms in total. The van der Waals surface area contributed by atoms with Crippen molar-refractivity contribution in [2.75, 3.05) is 19.0 Å². The topological polar surface area (TPSA) is 119 Å². The number of para-hydroxylation sites is 1. The van der Waals surface area contributed by atoms with E-state index in [0.717, 1.165) is 35.0 Å². The van der Waals surface area contributed by atoms with Crippen LogP contribution < -0.4 is 10.1 Å². The van der Waals surface area contributed by atoms with Crippen molar-refractivity contribution < 1.29 is 19.1 Å². The van der Waals surface area contributed by atoms with Crippen molar-refractivity contribution in [2.45, 2.75) is 49.2 Å². The number of nitrogens with one attached hydrogen (secondary N) is 2. The van der Waals surface area contributed by atoms with Crippen LogP contribution in [0.1, 0.15) is 41.7 Å². The van der Waals surface area contributed by atoms with E-state index in [0.29, 0.717) is 17.9 Å². The summed E-state index contributed by atoms with van der Waals surface area (Å²) >= 11 is 0. The maximum atomic E-state index is 14.1. The second-order valence-electron chi connectivity index (χ2n) is 10.9. The Balaban J connectivity index is 1.22. The molecule has 3 aliphatic heterocycles. The Morgan fingerprint density at radius 2 is 2.00 bits per heavy atom. The van der Waals surface area contributed by atoms with Gasteiger partial charge in [0.05, 0.1) is 18.6 Å². The van der Waals surface area contributed by atoms with Gasteiger partial charge in [0.1, 0.15) is 23.5 Å². The molecule has 4 aliphatic rings. The zero-order valence-electron chi connectivity index (χ0n) is 20.9. The summed E-state index contributed by atoms with van der Waals surface area (Å²) in [5.41, 5.74) is 1.80. The van der Waals surface area contributed by atoms with Gasteiger partial charge in [-0.2, -0.15) is 5.26 Å². The SMILES string of the molecule is COc1cccc2[nH]c(C(=O)N3[C@@H]4CC[C@@H]4C[C@H]3C(=O)N3C[C@]4(C[C@H]3C#N)C(=O)Nc3ccccc34)cc12. The fourth-order valence-corrected chi connectivity index (χ4v) is 7.07. The van der Waals surface area contributed by atoms with Crippen LogP contribution in [0.5, 0.6) is 5.75 Å². The Kier molecular flexibility index (Phi) is 4.86. The molecule has 2 N–H and O–H groups in total. The molecule has 7 rings (SSSR count). The Morgan fingerprint density at radius 1 is 1.16 bits per heavy atom. The van der Waals surface area contributed by atoms with Crippen LogP contribution >= 0.6 is 0 Å². The zero-order chi connectivity index (χ0) is 26.2. The van der Waals surface area contributed by atoms with Crippen molar-refractivity contribution in [2.24, 2.45) is 5.92 Å². The lowest BCUT2D eigenvalue weighted by Gasteiger charge is -2.37. The second kappa shape index (κ2) is 8.09. The van der Waals surface area contributed by atoms with E-state index in [1.54, 1.807) is 23.0 Å². The van der Waals surface area contributed by atoms with Crippen LogP contribution in [0.4, 0.5) is 5.69 Å². The van der Waals surface area contributed by atoms with Gasteiger partial charge in [-0.05, 0) is 55.0 Å². The molecule has 3 fully saturated rings. The van der Waals surface area contributed by atoms with E-state index in [1.165, 1.54) is 0 Å². The van der Waals surface area contributed by atoms with Crippen molar-refractivity contribution in [3.63, 3.8) is 0 Å². The van der Waals surface area contributed by atoms with Crippen LogP contribution in [0.25, 0.3) is 10.9 Å². The van der Waals surface area contributed by atoms with E-state index in [1.807, 2.05) is 42.5 Å². The average molecular weight is 510 g/mol. The van der Waals surface area contributed by atoms with Gasteiger partial charge in [-0.1, -0.05) is 24.3 Å². The van der Waals surface area contributed by atoms with Crippen molar-refractivity contribution in [1.82, 2.24) is 14.8 Å². The zero-order valence-corrected chi connectivity index (χ0v) is 20.9. The average Bonchev–Trinajstić information content (AvgIpc) is 3.65. The summed E-state index contributed by atoms with van der Waals surface area (Å²) < 4.78 is 5.46. The molecule has 3 amide bonds. The van der Waals surface area contributed by atoms with E-state index >= 15 is 0 Å². The van der Waals surface area contributed by atoms with Gasteiger partial charge in [0.15, 0.2) is 0 Å². The van der Waals surface area contributed by atoms with E-state index in [2.05, 4.69) is 16.4 Å². The minimum atomic E-state index is -0.952. The van der Waals surface area contributed by atoms with Crippen LogP contribution in [0, 0.1) is 17.2 Å². The molecule has 0 bridgehead atoms. The number of amides is 3. The van der Waals surface area contributed by atoms with Crippen LogP contribution in [-0.4, -0.2) is 64.3 Å². The number of benzene rings is 2. The first-order valence-electron chi connectivity index (χ1n) is 13.0. The second-order valence-corrected chi connectivity index (χ2v) is 10.9. The van der Waals surface area contributed by atoms with Gasteiger partial charge in [-0.3, -0.25) is 14.4 Å². The highest BCUT2D eigenvalue weighted by atomic mass is 16.5. The first-order valence-corrected chi connectivity index (χ1v) is 13.0. The number of fused-ring (bicyclic) bond motifs is 4. The van der Waals surface area contributed by atoms with Crippen LogP contribution in [-0.2, 0) is 15.0 Å². The number of H-pyrrole nitrogens is 1. The van der Waals surface area contributed by atoms with Crippen molar-refractivity contribution in [3.05, 3.63) is 59.8 Å². The number of nitrogens with zero attached hydrogens (tertiary/aromatic N) is 3. The van der Waals surface area contributed by atoms with Gasteiger partial charge in [0.2, 0.25) is 11.8 Å². The van der Waals surface area contributed by atoms with Gasteiger partial charge in [0.25, 0.3) is 5.91 Å². The highest BCUT2D eigenvalue weighted by Crippen LogP contribution is 2.49. The number of likely N-dealkylation sites (tertiary alicyclic amines) is 2. The van der Waals surface area contributed by atoms with Crippen LogP contribution in [0.15, 0.2) is 48.5 Å². The molecule has 192 valence electrons. The number of methoxy groups -OCH3 is 1. The minimum absolute atomic E-state index is 0.00244. The molecule has 1 saturated carbocycles. The van der Waals surface area contributed by atoms with Gasteiger partial charge in [0, 0.05) is 35.6 Å². The molecule has 5 atom stereocenters. The minimum Gasteiger partial charge on any atom is -0.496 e. The maximum absolute atomic E-state index is 14.1. The smallest absolute Gasteiger partial charge is 0.271 e. The van der Waals surface area contributed by atoms with Crippen molar-refractivity contribution in [1.29, 1.82) is 5.26 Å². The van der Waals surface area contributed by atoms with Gasteiger partial charge in [-0.15, -0.1) is 0 Å². The standard InChI is InChI=1S/C29H27N5O4/c1-38-25-8-4-7-20-18(25)12-22(31-20)26(35)34-23-10-9-16(23)11-24(34)27(36)33-15-29(13-17(33)14-30)19-5-2-3-6-21(19)32-28(29)37/h2-8,12,16-17,23-24,31H,9-11,13,15H2,1H3,(H,32,37)/t16-,17+,23-,24+,29+/m1/s1. The summed E-state index contributed by atoms with van der Waals surface area (Å²) in [5, 5.41) is 13.8. The number of carbonyl (C=O) groups excluding carboxylic acids is 3. The number of hydrogen-bond acceptors (Lipinski definition) is 5. The van der Waals surface area contributed by atoms with Crippen molar-refractivity contribution >= 4 is 34.3 Å². The molecule has 1 aliphatic carbocycles. The number of aromatic amines is 1. The number of rotatable bonds is 3. The summed E-state index contributed by atoms with van der Waals surface area (Å²) in [7, 11) is 1.59. The third kappa shape index (κ3) is 3.00. The fourth-order valence-electron chi connectivity index (χ4n) is 7.07. The number of hydrogen-bond donors (Lipinski definition) is 2. The summed E-state index contributed by atoms with van der Waals surface area (Å²) in [6.45, 7) is 0.129. The highest BCUT2D eigenvalue weighted by Gasteiger charge is 2.59. The number of anilines is 1. The van der Waals surface area contributed by atoms with Gasteiger partial charge >= 0.3 is 0 Å². The van der Waals surface area contributed by atoms with E-state index < -0.39 is 17.5 Å². The lowest BCUT2D eigenvalue weighted by molar-refractivity contribution is -0.136. The monoisotopic (exact) mass is 509 g/mol. The molecule has 2 aromatic carbocycles. The predicted octanol–water partition coefficient (Wildman–Crippen LogP) is 3.18. The largest absolute Gasteiger partial charge is 0.496 e. The van der Waals surface area contributed by atoms with E-state index in [4.69, 9.17) is 4.74 Å². The highest BCUT2D eigenvalue weighted by molar-refractivity contribution is 6.08. The number of nitriles is 1. The summed E-state index contributed by atoms with van der Waals surface area (Å²) in [6.07, 6.45) is 2.64. The number of aromatic nitrogens is 1. The molecule has 9 heteroatoms. The summed E-state index contributed by atoms with van der Waals surface area (Å²) in [4.78, 5) is 47.7. The van der Waals surface area contributed by atoms with Crippen LogP contribution in [0.3, 0.4) is 0 Å². The van der Waals surface area contributed by atoms with E-state index in [9.17, 15) is 19.6 Å². The number of ether oxygens (including phenoxy) is 1. The predicted molar refractivity (Wildman–Crippen MR) is 138 cm³/mol. The molecule has 0 radical (unpaired) electrons. The maximum Gasteiger partial charge on any atom is 0.271 e. The number of carbonyl (C=O) groups is 3. The van der Waals surface area contributed by atoms with Crippen molar-refractivity contribution in [3.8, 4) is 11.8 Å². The molecule has 3 aromatic rings. The first kappa shape index (κ1) is 22.8. The van der Waals surface area contributed by atoms with E-state index in [-0.39, 0.29) is 42.6 Å². The third-order valence-corrected chi connectivity index (χ3v) is 9.11. The fraction of sp³-hybridized carbons (Fsp3) is 0.379. The molecule has 0 unspecified atom stereocenters. The molecule has 1 spiro atoms. The normalized spacial score (nSPS) is 29.1. The lowest BCUT2D eigenvalue weighted by Crippen LogP contribution is -2.53. The Bertz CT molecular complexity index is 1560. The summed E-state index contributed by atoms with van der Waals surface area (Å²) in [6, 6.07) is 15.7. The Hall–Kier alpha value is -4.32. The van der Waals surface area contributed by atoms with Gasteiger partial charge < -0.3 is 24.8 Å². The molecular formula is C29H27N5O4. The quantitative estimate of drug-likeness (QED) is 0.562. The lowest BCUT2D eigenvalue weighted by atomic mass is 9.79. The third-order valence-electron chi connectivity index (χ3n) is 9.11. The molecular weight excluding hydrogens is 482 g/mol. The first-order chi connectivity index (χ1) is 18.4. The van der Waals surface area contributed by atoms with Gasteiger partial charge in [-0.25, -0.2) is 0 Å². The molecule has 1 aromatic heterocycles. The Labute approximate surface area is 219 Å². The molecule has 2 saturated heterocycles. The molecule has 4 heterocycles. The summed E-state index contributed by atoms with van der Waals surface area (Å²) in [5.74, 6) is 0.282.